The third-order valence-electron chi connectivity index (χ3n) is 4.76. The number of nitrogens with one attached hydrogen (secondary N) is 2. The molecule has 2 atom stereocenters. The Morgan fingerprint density at radius 3 is 2.92 bits per heavy atom. The van der Waals surface area contributed by atoms with E-state index in [1.165, 1.54) is 0 Å². The lowest BCUT2D eigenvalue weighted by Gasteiger charge is -2.24. The van der Waals surface area contributed by atoms with E-state index in [4.69, 9.17) is 4.74 Å². The zero-order chi connectivity index (χ0) is 18.9. The van der Waals surface area contributed by atoms with E-state index in [1.54, 1.807) is 7.05 Å². The van der Waals surface area contributed by atoms with Crippen LogP contribution in [0.5, 0.6) is 0 Å². The van der Waals surface area contributed by atoms with E-state index in [0.717, 1.165) is 44.1 Å². The highest BCUT2D eigenvalue weighted by Crippen LogP contribution is 2.13. The topological polar surface area (TPSA) is 66.0 Å². The van der Waals surface area contributed by atoms with Crippen molar-refractivity contribution in [3.63, 3.8) is 0 Å². The van der Waals surface area contributed by atoms with Crippen molar-refractivity contribution in [1.82, 2.24) is 15.5 Å². The average molecular weight is 361 g/mol. The second-order valence-corrected chi connectivity index (χ2v) is 6.99. The highest BCUT2D eigenvalue weighted by Gasteiger charge is 2.19. The van der Waals surface area contributed by atoms with Crippen LogP contribution in [0, 0.1) is 5.92 Å². The molecule has 1 fully saturated rings. The fraction of sp³-hybridized carbons (Fsp3) is 0.600. The summed E-state index contributed by atoms with van der Waals surface area (Å²) in [5, 5.41) is 6.39. The fourth-order valence-electron chi connectivity index (χ4n) is 3.00. The van der Waals surface area contributed by atoms with Crippen molar-refractivity contribution in [3.8, 4) is 0 Å². The molecule has 2 N–H and O–H groups in total. The van der Waals surface area contributed by atoms with Gasteiger partial charge in [0.1, 0.15) is 0 Å². The molecular weight excluding hydrogens is 328 g/mol. The minimum atomic E-state index is -0.0241. The summed E-state index contributed by atoms with van der Waals surface area (Å²) in [7, 11) is 3.84. The van der Waals surface area contributed by atoms with E-state index in [9.17, 15) is 4.79 Å². The van der Waals surface area contributed by atoms with Crippen molar-refractivity contribution in [2.75, 3.05) is 33.9 Å². The van der Waals surface area contributed by atoms with Crippen molar-refractivity contribution in [1.29, 1.82) is 0 Å². The van der Waals surface area contributed by atoms with Crippen molar-refractivity contribution in [2.24, 2.45) is 10.9 Å². The van der Waals surface area contributed by atoms with Crippen LogP contribution < -0.4 is 10.6 Å². The molecule has 0 saturated carbocycles. The molecule has 6 heteroatoms. The Morgan fingerprint density at radius 1 is 1.46 bits per heavy atom. The summed E-state index contributed by atoms with van der Waals surface area (Å²) in [5.41, 5.74) is 1.75. The molecule has 0 aliphatic carbocycles. The van der Waals surface area contributed by atoms with Gasteiger partial charge in [0.25, 0.3) is 5.91 Å². The van der Waals surface area contributed by atoms with Gasteiger partial charge >= 0.3 is 0 Å². The minimum absolute atomic E-state index is 0.0241. The summed E-state index contributed by atoms with van der Waals surface area (Å²) < 4.78 is 5.45. The van der Waals surface area contributed by atoms with Crippen LogP contribution in [0.25, 0.3) is 0 Å². The van der Waals surface area contributed by atoms with Crippen LogP contribution in [0.15, 0.2) is 29.3 Å². The Balaban J connectivity index is 1.90. The van der Waals surface area contributed by atoms with Gasteiger partial charge in [0.2, 0.25) is 0 Å². The fourth-order valence-corrected chi connectivity index (χ4v) is 3.00. The van der Waals surface area contributed by atoms with Crippen LogP contribution in [0.2, 0.25) is 0 Å². The molecule has 1 amide bonds. The SMILES string of the molecule is CCC(C)NC(=O)c1cccc(CNC(=NC)N(C)CC2CCOC2)c1. The summed E-state index contributed by atoms with van der Waals surface area (Å²) in [5.74, 6) is 1.39. The standard InChI is InChI=1S/C20H32N4O2/c1-5-15(2)23-19(25)18-8-6-7-16(11-18)12-22-20(21-3)24(4)13-17-9-10-26-14-17/h6-8,11,15,17H,5,9-10,12-14H2,1-4H3,(H,21,22)(H,23,25). The summed E-state index contributed by atoms with van der Waals surface area (Å²) in [6.07, 6.45) is 2.02. The lowest BCUT2D eigenvalue weighted by molar-refractivity contribution is 0.0939. The predicted octanol–water partition coefficient (Wildman–Crippen LogP) is 2.26. The van der Waals surface area contributed by atoms with Gasteiger partial charge in [-0.3, -0.25) is 9.79 Å². The van der Waals surface area contributed by atoms with Gasteiger partial charge in [0, 0.05) is 51.3 Å². The number of aliphatic imine (C=N–C) groups is 1. The number of benzene rings is 1. The van der Waals surface area contributed by atoms with E-state index in [1.807, 2.05) is 38.2 Å². The van der Waals surface area contributed by atoms with Gasteiger partial charge < -0.3 is 20.3 Å². The van der Waals surface area contributed by atoms with Gasteiger partial charge in [-0.05, 0) is 37.5 Å². The summed E-state index contributed by atoms with van der Waals surface area (Å²) in [6, 6.07) is 7.90. The molecule has 0 radical (unpaired) electrons. The van der Waals surface area contributed by atoms with Crippen LogP contribution in [0.1, 0.15) is 42.6 Å². The molecule has 0 spiro atoms. The molecule has 1 heterocycles. The third kappa shape index (κ3) is 6.02. The molecule has 2 rings (SSSR count). The summed E-state index contributed by atoms with van der Waals surface area (Å²) in [4.78, 5) is 18.8. The second-order valence-electron chi connectivity index (χ2n) is 6.99. The molecular formula is C20H32N4O2. The first-order chi connectivity index (χ1) is 12.5. The maximum absolute atomic E-state index is 12.3. The van der Waals surface area contributed by atoms with Gasteiger partial charge in [-0.25, -0.2) is 0 Å². The molecule has 6 nitrogen and oxygen atoms in total. The van der Waals surface area contributed by atoms with Gasteiger partial charge in [0.15, 0.2) is 5.96 Å². The first-order valence-electron chi connectivity index (χ1n) is 9.42. The minimum Gasteiger partial charge on any atom is -0.381 e. The predicted molar refractivity (Wildman–Crippen MR) is 105 cm³/mol. The van der Waals surface area contributed by atoms with Crippen LogP contribution in [0.4, 0.5) is 0 Å². The molecule has 144 valence electrons. The molecule has 1 aromatic carbocycles. The smallest absolute Gasteiger partial charge is 0.251 e. The third-order valence-corrected chi connectivity index (χ3v) is 4.76. The first-order valence-corrected chi connectivity index (χ1v) is 9.42. The maximum atomic E-state index is 12.3. The zero-order valence-electron chi connectivity index (χ0n) is 16.4. The van der Waals surface area contributed by atoms with Gasteiger partial charge in [-0.1, -0.05) is 19.1 Å². The molecule has 0 bridgehead atoms. The van der Waals surface area contributed by atoms with E-state index < -0.39 is 0 Å². The zero-order valence-corrected chi connectivity index (χ0v) is 16.4. The number of carbonyl (C=O) groups excluding carboxylic acids is 1. The molecule has 0 aromatic heterocycles. The Hall–Kier alpha value is -2.08. The quantitative estimate of drug-likeness (QED) is 0.578. The Bertz CT molecular complexity index is 612. The highest BCUT2D eigenvalue weighted by atomic mass is 16.5. The highest BCUT2D eigenvalue weighted by molar-refractivity contribution is 5.94. The van der Waals surface area contributed by atoms with Crippen LogP contribution in [0.3, 0.4) is 0 Å². The molecule has 1 saturated heterocycles. The van der Waals surface area contributed by atoms with Crippen molar-refractivity contribution in [3.05, 3.63) is 35.4 Å². The molecule has 1 aliphatic heterocycles. The lowest BCUT2D eigenvalue weighted by Crippen LogP contribution is -2.41. The summed E-state index contributed by atoms with van der Waals surface area (Å²) >= 11 is 0. The van der Waals surface area contributed by atoms with Crippen molar-refractivity contribution < 1.29 is 9.53 Å². The van der Waals surface area contributed by atoms with Gasteiger partial charge in [0.05, 0.1) is 6.61 Å². The maximum Gasteiger partial charge on any atom is 0.251 e. The average Bonchev–Trinajstić information content (AvgIpc) is 3.15. The molecule has 26 heavy (non-hydrogen) atoms. The monoisotopic (exact) mass is 360 g/mol. The summed E-state index contributed by atoms with van der Waals surface area (Å²) in [6.45, 7) is 7.31. The Kier molecular flexibility index (Phi) is 7.91. The van der Waals surface area contributed by atoms with Crippen LogP contribution >= 0.6 is 0 Å². The van der Waals surface area contributed by atoms with E-state index in [-0.39, 0.29) is 11.9 Å². The van der Waals surface area contributed by atoms with E-state index in [2.05, 4.69) is 27.4 Å². The lowest BCUT2D eigenvalue weighted by atomic mass is 10.1. The number of carbonyl (C=O) groups is 1. The molecule has 1 aromatic rings. The largest absolute Gasteiger partial charge is 0.381 e. The normalized spacial score (nSPS) is 18.5. The molecule has 1 aliphatic rings. The van der Waals surface area contributed by atoms with Gasteiger partial charge in [-0.2, -0.15) is 0 Å². The number of amides is 1. The Labute approximate surface area is 157 Å². The van der Waals surface area contributed by atoms with E-state index >= 15 is 0 Å². The van der Waals surface area contributed by atoms with Crippen LogP contribution in [-0.2, 0) is 11.3 Å². The second kappa shape index (κ2) is 10.2. The van der Waals surface area contributed by atoms with Crippen LogP contribution in [-0.4, -0.2) is 56.7 Å². The number of guanidine groups is 1. The van der Waals surface area contributed by atoms with Gasteiger partial charge in [-0.15, -0.1) is 0 Å². The molecule has 2 unspecified atom stereocenters. The van der Waals surface area contributed by atoms with Crippen molar-refractivity contribution >= 4 is 11.9 Å². The van der Waals surface area contributed by atoms with E-state index in [0.29, 0.717) is 18.0 Å². The first kappa shape index (κ1) is 20.2. The number of nitrogens with zero attached hydrogens (tertiary/aromatic N) is 2. The number of ether oxygens (including phenoxy) is 1. The number of hydrogen-bond donors (Lipinski definition) is 2. The number of hydrogen-bond acceptors (Lipinski definition) is 3. The van der Waals surface area contributed by atoms with Crippen molar-refractivity contribution in [2.45, 2.75) is 39.3 Å². The Morgan fingerprint density at radius 2 is 2.27 bits per heavy atom. The number of rotatable bonds is 7.